The molecule has 2 atom stereocenters. The average Bonchev–Trinajstić information content (AvgIpc) is 2.73. The fraction of sp³-hybridized carbons (Fsp3) is 0.478. The molecule has 3 N–H and O–H groups in total. The summed E-state index contributed by atoms with van der Waals surface area (Å²) in [5.41, 5.74) is 2.61. The Morgan fingerprint density at radius 3 is 2.46 bits per heavy atom. The third-order valence-corrected chi connectivity index (χ3v) is 5.22. The van der Waals surface area contributed by atoms with Gasteiger partial charge in [-0.1, -0.05) is 18.6 Å². The van der Waals surface area contributed by atoms with Crippen molar-refractivity contribution in [3.05, 3.63) is 53.3 Å². The summed E-state index contributed by atoms with van der Waals surface area (Å²) in [5.74, 6) is 0.257. The zero-order chi connectivity index (χ0) is 19.6. The van der Waals surface area contributed by atoms with Crippen molar-refractivity contribution in [3.63, 3.8) is 0 Å². The second-order valence-electron chi connectivity index (χ2n) is 7.60. The summed E-state index contributed by atoms with van der Waals surface area (Å²) in [6.07, 6.45) is 17.5. The van der Waals surface area contributed by atoms with Gasteiger partial charge in [0.15, 0.2) is 0 Å². The number of aliphatic imine (C=N–C) groups is 2. The lowest BCUT2D eigenvalue weighted by Gasteiger charge is -2.22. The van der Waals surface area contributed by atoms with Crippen LogP contribution in [0.5, 0.6) is 5.75 Å². The van der Waals surface area contributed by atoms with Crippen molar-refractivity contribution in [2.24, 2.45) is 9.98 Å². The maximum atomic E-state index is 10.6. The van der Waals surface area contributed by atoms with E-state index in [4.69, 9.17) is 0 Å². The molecule has 5 nitrogen and oxygen atoms in total. The van der Waals surface area contributed by atoms with Gasteiger partial charge in [0, 0.05) is 48.7 Å². The summed E-state index contributed by atoms with van der Waals surface area (Å²) >= 11 is 0. The third kappa shape index (κ3) is 6.34. The minimum Gasteiger partial charge on any atom is -0.507 e. The number of dihydropyridines is 1. The number of aryl methyl sites for hydroxylation is 1. The predicted molar refractivity (Wildman–Crippen MR) is 118 cm³/mol. The number of nitrogens with zero attached hydrogens (tertiary/aromatic N) is 2. The highest BCUT2D eigenvalue weighted by Gasteiger charge is 2.11. The molecule has 28 heavy (non-hydrogen) atoms. The van der Waals surface area contributed by atoms with Crippen molar-refractivity contribution < 1.29 is 5.11 Å². The highest BCUT2D eigenvalue weighted by Crippen LogP contribution is 2.22. The number of benzene rings is 1. The Morgan fingerprint density at radius 2 is 1.82 bits per heavy atom. The second-order valence-corrected chi connectivity index (χ2v) is 7.60. The number of rotatable bonds is 8. The molecule has 2 heterocycles. The zero-order valence-corrected chi connectivity index (χ0v) is 16.8. The van der Waals surface area contributed by atoms with E-state index in [2.05, 4.69) is 26.7 Å². The molecule has 5 heteroatoms. The maximum Gasteiger partial charge on any atom is 0.133 e. The van der Waals surface area contributed by atoms with E-state index in [-0.39, 0.29) is 5.75 Å². The van der Waals surface area contributed by atoms with Gasteiger partial charge in [-0.2, -0.15) is 0 Å². The molecular formula is C23H32N4O. The highest BCUT2D eigenvalue weighted by atomic mass is 16.3. The van der Waals surface area contributed by atoms with Gasteiger partial charge in [0.25, 0.3) is 0 Å². The first-order chi connectivity index (χ1) is 13.7. The van der Waals surface area contributed by atoms with Crippen LogP contribution < -0.4 is 10.6 Å². The molecule has 0 bridgehead atoms. The van der Waals surface area contributed by atoms with Crippen LogP contribution in [0.15, 0.2) is 46.5 Å². The molecule has 1 fully saturated rings. The van der Waals surface area contributed by atoms with Crippen LogP contribution in [0.3, 0.4) is 0 Å². The SMILES string of the molecule is Cc1cc(C=NCCC2C=CC=CN2)c(O)c(C=NCCC2CCCCN2)c1. The molecule has 2 unspecified atom stereocenters. The van der Waals surface area contributed by atoms with Crippen LogP contribution in [0, 0.1) is 6.92 Å². The zero-order valence-electron chi connectivity index (χ0n) is 16.8. The number of phenolic OH excluding ortho intramolecular Hbond substituents is 1. The lowest BCUT2D eigenvalue weighted by atomic mass is 10.0. The number of nitrogens with one attached hydrogen (secondary N) is 2. The Bertz CT molecular complexity index is 745. The first kappa shape index (κ1) is 20.3. The van der Waals surface area contributed by atoms with Gasteiger partial charge in [0.05, 0.1) is 0 Å². The predicted octanol–water partition coefficient (Wildman–Crippen LogP) is 3.50. The summed E-state index contributed by atoms with van der Waals surface area (Å²) in [7, 11) is 0. The van der Waals surface area contributed by atoms with E-state index in [1.165, 1.54) is 19.3 Å². The van der Waals surface area contributed by atoms with E-state index in [1.54, 1.807) is 12.4 Å². The fourth-order valence-corrected chi connectivity index (χ4v) is 3.64. The van der Waals surface area contributed by atoms with Crippen LogP contribution in [0.2, 0.25) is 0 Å². The molecule has 3 rings (SSSR count). The Kier molecular flexibility index (Phi) is 7.85. The molecule has 0 aliphatic carbocycles. The van der Waals surface area contributed by atoms with Gasteiger partial charge in [0.1, 0.15) is 5.75 Å². The van der Waals surface area contributed by atoms with Gasteiger partial charge in [-0.15, -0.1) is 0 Å². The molecule has 0 radical (unpaired) electrons. The summed E-state index contributed by atoms with van der Waals surface area (Å²) in [4.78, 5) is 9.05. The van der Waals surface area contributed by atoms with E-state index in [9.17, 15) is 5.11 Å². The van der Waals surface area contributed by atoms with Crippen molar-refractivity contribution in [1.29, 1.82) is 0 Å². The molecule has 1 saturated heterocycles. The molecule has 1 aromatic rings. The number of hydrogen-bond donors (Lipinski definition) is 3. The first-order valence-corrected chi connectivity index (χ1v) is 10.4. The van der Waals surface area contributed by atoms with E-state index in [1.807, 2.05) is 37.4 Å². The summed E-state index contributed by atoms with van der Waals surface area (Å²) in [5, 5.41) is 17.4. The van der Waals surface area contributed by atoms with Crippen LogP contribution in [-0.2, 0) is 0 Å². The molecule has 0 amide bonds. The quantitative estimate of drug-likeness (QED) is 0.605. The second kappa shape index (κ2) is 10.8. The van der Waals surface area contributed by atoms with Gasteiger partial charge in [-0.05, 0) is 69.1 Å². The minimum atomic E-state index is 0.257. The van der Waals surface area contributed by atoms with Gasteiger partial charge < -0.3 is 15.7 Å². The lowest BCUT2D eigenvalue weighted by molar-refractivity contribution is 0.386. The van der Waals surface area contributed by atoms with E-state index < -0.39 is 0 Å². The minimum absolute atomic E-state index is 0.257. The Labute approximate surface area is 168 Å². The lowest BCUT2D eigenvalue weighted by Crippen LogP contribution is -2.34. The van der Waals surface area contributed by atoms with Crippen molar-refractivity contribution >= 4 is 12.4 Å². The molecule has 1 aromatic carbocycles. The van der Waals surface area contributed by atoms with Crippen LogP contribution in [0.1, 0.15) is 48.8 Å². The smallest absolute Gasteiger partial charge is 0.133 e. The largest absolute Gasteiger partial charge is 0.507 e. The van der Waals surface area contributed by atoms with Crippen LogP contribution >= 0.6 is 0 Å². The van der Waals surface area contributed by atoms with E-state index in [0.717, 1.165) is 42.6 Å². The first-order valence-electron chi connectivity index (χ1n) is 10.4. The van der Waals surface area contributed by atoms with Crippen LogP contribution in [0.25, 0.3) is 0 Å². The molecule has 2 aliphatic rings. The van der Waals surface area contributed by atoms with Gasteiger partial charge in [-0.3, -0.25) is 9.98 Å². The molecule has 0 aromatic heterocycles. The molecule has 0 saturated carbocycles. The van der Waals surface area contributed by atoms with Gasteiger partial charge in [-0.25, -0.2) is 0 Å². The third-order valence-electron chi connectivity index (χ3n) is 5.22. The number of allylic oxidation sites excluding steroid dienone is 2. The van der Waals surface area contributed by atoms with Gasteiger partial charge in [0.2, 0.25) is 0 Å². The number of hydrogen-bond acceptors (Lipinski definition) is 5. The normalized spacial score (nSPS) is 22.2. The molecular weight excluding hydrogens is 348 g/mol. The topological polar surface area (TPSA) is 69.0 Å². The fourth-order valence-electron chi connectivity index (χ4n) is 3.64. The van der Waals surface area contributed by atoms with Crippen molar-refractivity contribution in [2.45, 2.75) is 51.1 Å². The van der Waals surface area contributed by atoms with Crippen molar-refractivity contribution in [1.82, 2.24) is 10.6 Å². The molecule has 0 spiro atoms. The van der Waals surface area contributed by atoms with E-state index >= 15 is 0 Å². The summed E-state index contributed by atoms with van der Waals surface area (Å²) < 4.78 is 0. The highest BCUT2D eigenvalue weighted by molar-refractivity contribution is 5.92. The van der Waals surface area contributed by atoms with Gasteiger partial charge >= 0.3 is 0 Å². The Hall–Kier alpha value is -2.40. The Balaban J connectivity index is 1.53. The van der Waals surface area contributed by atoms with Crippen LogP contribution in [0.4, 0.5) is 0 Å². The number of aromatic hydroxyl groups is 1. The van der Waals surface area contributed by atoms with Crippen molar-refractivity contribution in [2.75, 3.05) is 19.6 Å². The average molecular weight is 381 g/mol. The maximum absolute atomic E-state index is 10.6. The van der Waals surface area contributed by atoms with Crippen LogP contribution in [-0.4, -0.2) is 49.3 Å². The number of phenols is 1. The molecule has 150 valence electrons. The number of piperidine rings is 1. The standard InChI is InChI=1S/C23H32N4O/c1-18-14-19(16-24-12-8-21-6-2-4-10-26-21)23(28)20(15-18)17-25-13-9-22-7-3-5-11-27-22/h2,4,6,10,14-17,21-22,26-28H,3,5,7-9,11-13H2,1H3. The van der Waals surface area contributed by atoms with Crippen molar-refractivity contribution in [3.8, 4) is 5.75 Å². The summed E-state index contributed by atoms with van der Waals surface area (Å²) in [6.45, 7) is 4.65. The monoisotopic (exact) mass is 380 g/mol. The van der Waals surface area contributed by atoms with E-state index in [0.29, 0.717) is 18.6 Å². The molecule has 2 aliphatic heterocycles. The summed E-state index contributed by atoms with van der Waals surface area (Å²) in [6, 6.07) is 4.85. The Morgan fingerprint density at radius 1 is 1.07 bits per heavy atom.